The summed E-state index contributed by atoms with van der Waals surface area (Å²) in [5, 5.41) is 0. The molecule has 0 saturated heterocycles. The van der Waals surface area contributed by atoms with Crippen molar-refractivity contribution in [1.82, 2.24) is 4.90 Å². The van der Waals surface area contributed by atoms with E-state index in [1.165, 1.54) is 6.08 Å². The fraction of sp³-hybridized carbons (Fsp3) is 0.217. The molecule has 1 aliphatic rings. The summed E-state index contributed by atoms with van der Waals surface area (Å²) >= 11 is 0. The Labute approximate surface area is 168 Å². The number of hydrogen-bond acceptors (Lipinski definition) is 5. The molecular weight excluding hydrogens is 370 g/mol. The van der Waals surface area contributed by atoms with E-state index in [1.54, 1.807) is 37.3 Å². The number of carbonyl (C=O) groups is 4. The van der Waals surface area contributed by atoms with E-state index in [0.717, 1.165) is 10.5 Å². The summed E-state index contributed by atoms with van der Waals surface area (Å²) in [4.78, 5) is 51.5. The molecule has 0 saturated carbocycles. The molecule has 29 heavy (non-hydrogen) atoms. The van der Waals surface area contributed by atoms with E-state index in [4.69, 9.17) is 4.74 Å². The first-order chi connectivity index (χ1) is 14.0. The van der Waals surface area contributed by atoms with Gasteiger partial charge in [-0.15, -0.1) is 0 Å². The Bertz CT molecular complexity index is 950. The SMILES string of the molecule is CCOC(=O)C(CC1=CC(=O)N(Cc2ccccc2)C1=O)C(=O)c1ccccc1. The zero-order chi connectivity index (χ0) is 20.8. The number of ether oxygens (including phenoxy) is 1. The van der Waals surface area contributed by atoms with Gasteiger partial charge in [0, 0.05) is 17.2 Å². The molecule has 6 nitrogen and oxygen atoms in total. The molecule has 1 heterocycles. The normalized spacial score (nSPS) is 14.5. The molecule has 1 atom stereocenters. The van der Waals surface area contributed by atoms with Crippen molar-refractivity contribution in [3.63, 3.8) is 0 Å². The van der Waals surface area contributed by atoms with Crippen LogP contribution >= 0.6 is 0 Å². The van der Waals surface area contributed by atoms with Crippen LogP contribution in [0, 0.1) is 5.92 Å². The summed E-state index contributed by atoms with van der Waals surface area (Å²) in [6.07, 6.45) is 1.03. The fourth-order valence-corrected chi connectivity index (χ4v) is 3.17. The molecule has 0 aromatic heterocycles. The number of ketones is 1. The largest absolute Gasteiger partial charge is 0.465 e. The molecule has 0 N–H and O–H groups in total. The third kappa shape index (κ3) is 4.66. The van der Waals surface area contributed by atoms with Gasteiger partial charge < -0.3 is 4.74 Å². The first-order valence-corrected chi connectivity index (χ1v) is 9.37. The van der Waals surface area contributed by atoms with Crippen molar-refractivity contribution < 1.29 is 23.9 Å². The molecule has 2 aromatic rings. The van der Waals surface area contributed by atoms with E-state index in [0.29, 0.717) is 5.56 Å². The van der Waals surface area contributed by atoms with E-state index in [-0.39, 0.29) is 25.1 Å². The number of Topliss-reactive ketones (excluding diaryl/α,β-unsaturated/α-hetero) is 1. The van der Waals surface area contributed by atoms with Gasteiger partial charge in [-0.3, -0.25) is 24.1 Å². The van der Waals surface area contributed by atoms with E-state index in [1.807, 2.05) is 30.3 Å². The van der Waals surface area contributed by atoms with E-state index < -0.39 is 29.5 Å². The lowest BCUT2D eigenvalue weighted by molar-refractivity contribution is -0.146. The maximum Gasteiger partial charge on any atom is 0.317 e. The predicted octanol–water partition coefficient (Wildman–Crippen LogP) is 2.93. The number of amides is 2. The minimum Gasteiger partial charge on any atom is -0.465 e. The lowest BCUT2D eigenvalue weighted by Gasteiger charge is -2.17. The number of benzene rings is 2. The highest BCUT2D eigenvalue weighted by atomic mass is 16.5. The molecule has 1 aliphatic heterocycles. The molecule has 0 fully saturated rings. The minimum atomic E-state index is -1.18. The second kappa shape index (κ2) is 9.10. The average molecular weight is 391 g/mol. The second-order valence-electron chi connectivity index (χ2n) is 6.62. The minimum absolute atomic E-state index is 0.115. The number of imide groups is 1. The summed E-state index contributed by atoms with van der Waals surface area (Å²) in [6, 6.07) is 17.5. The first kappa shape index (κ1) is 20.2. The van der Waals surface area contributed by atoms with Crippen molar-refractivity contribution in [2.24, 2.45) is 5.92 Å². The average Bonchev–Trinajstić information content (AvgIpc) is 3.00. The monoisotopic (exact) mass is 391 g/mol. The quantitative estimate of drug-likeness (QED) is 0.299. The summed E-state index contributed by atoms with van der Waals surface area (Å²) in [5.74, 6) is -3.27. The van der Waals surface area contributed by atoms with Crippen LogP contribution in [0.15, 0.2) is 72.3 Å². The van der Waals surface area contributed by atoms with E-state index >= 15 is 0 Å². The van der Waals surface area contributed by atoms with Crippen LogP contribution in [-0.4, -0.2) is 35.1 Å². The van der Waals surface area contributed by atoms with Crippen molar-refractivity contribution in [2.75, 3.05) is 6.61 Å². The second-order valence-corrected chi connectivity index (χ2v) is 6.62. The van der Waals surface area contributed by atoms with E-state index in [9.17, 15) is 19.2 Å². The van der Waals surface area contributed by atoms with Gasteiger partial charge in [-0.2, -0.15) is 0 Å². The van der Waals surface area contributed by atoms with Crippen LogP contribution in [0.25, 0.3) is 0 Å². The van der Waals surface area contributed by atoms with Gasteiger partial charge in [0.05, 0.1) is 13.2 Å². The van der Waals surface area contributed by atoms with Crippen LogP contribution < -0.4 is 0 Å². The van der Waals surface area contributed by atoms with Crippen molar-refractivity contribution in [3.8, 4) is 0 Å². The Kier molecular flexibility index (Phi) is 6.34. The number of carbonyl (C=O) groups excluding carboxylic acids is 4. The topological polar surface area (TPSA) is 80.8 Å². The molecule has 0 radical (unpaired) electrons. The zero-order valence-electron chi connectivity index (χ0n) is 16.0. The maximum atomic E-state index is 12.9. The highest BCUT2D eigenvalue weighted by Crippen LogP contribution is 2.25. The van der Waals surface area contributed by atoms with Crippen LogP contribution in [-0.2, 0) is 25.7 Å². The lowest BCUT2D eigenvalue weighted by atomic mass is 9.91. The molecule has 0 bridgehead atoms. The smallest absolute Gasteiger partial charge is 0.317 e. The van der Waals surface area contributed by atoms with Crippen molar-refractivity contribution >= 4 is 23.6 Å². The Balaban J connectivity index is 1.79. The fourth-order valence-electron chi connectivity index (χ4n) is 3.17. The van der Waals surface area contributed by atoms with Gasteiger partial charge in [-0.1, -0.05) is 60.7 Å². The first-order valence-electron chi connectivity index (χ1n) is 9.37. The van der Waals surface area contributed by atoms with Gasteiger partial charge in [0.25, 0.3) is 11.8 Å². The van der Waals surface area contributed by atoms with Crippen LogP contribution in [0.5, 0.6) is 0 Å². The Morgan fingerprint density at radius 1 is 0.966 bits per heavy atom. The molecule has 3 rings (SSSR count). The molecular formula is C23H21NO5. The number of esters is 1. The van der Waals surface area contributed by atoms with Gasteiger partial charge in [-0.25, -0.2) is 0 Å². The Morgan fingerprint density at radius 3 is 2.21 bits per heavy atom. The van der Waals surface area contributed by atoms with Gasteiger partial charge in [0.1, 0.15) is 5.92 Å². The zero-order valence-corrected chi connectivity index (χ0v) is 16.0. The Hall–Kier alpha value is -3.54. The molecule has 0 spiro atoms. The Morgan fingerprint density at radius 2 is 1.59 bits per heavy atom. The van der Waals surface area contributed by atoms with Crippen molar-refractivity contribution in [1.29, 1.82) is 0 Å². The summed E-state index contributed by atoms with van der Waals surface area (Å²) < 4.78 is 5.04. The summed E-state index contributed by atoms with van der Waals surface area (Å²) in [7, 11) is 0. The van der Waals surface area contributed by atoms with Gasteiger partial charge in [0.2, 0.25) is 0 Å². The molecule has 148 valence electrons. The molecule has 2 amide bonds. The molecule has 1 unspecified atom stereocenters. The van der Waals surface area contributed by atoms with E-state index in [2.05, 4.69) is 0 Å². The summed E-state index contributed by atoms with van der Waals surface area (Å²) in [5.41, 5.74) is 1.29. The third-order valence-corrected chi connectivity index (χ3v) is 4.64. The van der Waals surface area contributed by atoms with Crippen LogP contribution in [0.2, 0.25) is 0 Å². The molecule has 0 aliphatic carbocycles. The standard InChI is InChI=1S/C23H21NO5/c1-2-29-23(28)19(21(26)17-11-7-4-8-12-17)13-18-14-20(25)24(22(18)27)15-16-9-5-3-6-10-16/h3-12,14,19H,2,13,15H2,1H3. The lowest BCUT2D eigenvalue weighted by Crippen LogP contribution is -2.32. The maximum absolute atomic E-state index is 12.9. The number of nitrogens with zero attached hydrogens (tertiary/aromatic N) is 1. The predicted molar refractivity (Wildman–Crippen MR) is 106 cm³/mol. The third-order valence-electron chi connectivity index (χ3n) is 4.64. The van der Waals surface area contributed by atoms with Crippen molar-refractivity contribution in [2.45, 2.75) is 19.9 Å². The highest BCUT2D eigenvalue weighted by molar-refractivity contribution is 6.17. The van der Waals surface area contributed by atoms with Crippen LogP contribution in [0.4, 0.5) is 0 Å². The van der Waals surface area contributed by atoms with Crippen LogP contribution in [0.1, 0.15) is 29.3 Å². The molecule has 2 aromatic carbocycles. The number of rotatable bonds is 8. The van der Waals surface area contributed by atoms with Gasteiger partial charge in [-0.05, 0) is 18.9 Å². The summed E-state index contributed by atoms with van der Waals surface area (Å²) in [6.45, 7) is 1.89. The number of hydrogen-bond donors (Lipinski definition) is 0. The van der Waals surface area contributed by atoms with Crippen molar-refractivity contribution in [3.05, 3.63) is 83.4 Å². The van der Waals surface area contributed by atoms with Gasteiger partial charge >= 0.3 is 5.97 Å². The molecule has 6 heteroatoms. The van der Waals surface area contributed by atoms with Crippen LogP contribution in [0.3, 0.4) is 0 Å². The van der Waals surface area contributed by atoms with Gasteiger partial charge in [0.15, 0.2) is 5.78 Å². The highest BCUT2D eigenvalue weighted by Gasteiger charge is 2.37.